The van der Waals surface area contributed by atoms with Crippen LogP contribution in [-0.4, -0.2) is 42.1 Å². The molecule has 0 spiro atoms. The van der Waals surface area contributed by atoms with Gasteiger partial charge in [-0.1, -0.05) is 12.1 Å². The first-order valence-corrected chi connectivity index (χ1v) is 11.6. The van der Waals surface area contributed by atoms with Crippen molar-refractivity contribution in [1.29, 1.82) is 0 Å². The molecule has 15 heteroatoms. The molecule has 2 aromatic rings. The number of fused-ring (bicyclic) bond motifs is 1. The number of hydrogen-bond acceptors (Lipinski definition) is 6. The van der Waals surface area contributed by atoms with Crippen LogP contribution in [-0.2, 0) is 15.8 Å². The van der Waals surface area contributed by atoms with Crippen molar-refractivity contribution in [1.82, 2.24) is 14.9 Å². The molecule has 1 amide bonds. The van der Waals surface area contributed by atoms with E-state index >= 15 is 0 Å². The van der Waals surface area contributed by atoms with E-state index in [-0.39, 0.29) is 47.4 Å². The van der Waals surface area contributed by atoms with Gasteiger partial charge in [0, 0.05) is 12.5 Å². The van der Waals surface area contributed by atoms with Gasteiger partial charge in [0.25, 0.3) is 7.82 Å². The fourth-order valence-electron chi connectivity index (χ4n) is 3.52. The largest absolute Gasteiger partial charge is 1.00 e. The minimum absolute atomic E-state index is 0. The number of phosphoric acid groups is 1. The van der Waals surface area contributed by atoms with Gasteiger partial charge in [-0.05, 0) is 45.2 Å². The summed E-state index contributed by atoms with van der Waals surface area (Å²) in [5.74, 6) is -3.25. The molecule has 2 atom stereocenters. The van der Waals surface area contributed by atoms with Crippen molar-refractivity contribution in [3.63, 3.8) is 0 Å². The molecule has 0 fully saturated rings. The van der Waals surface area contributed by atoms with E-state index in [0.717, 1.165) is 6.07 Å². The summed E-state index contributed by atoms with van der Waals surface area (Å²) in [4.78, 5) is 51.0. The van der Waals surface area contributed by atoms with Crippen molar-refractivity contribution in [2.24, 2.45) is 0 Å². The fourth-order valence-corrected chi connectivity index (χ4v) is 3.52. The first-order valence-electron chi connectivity index (χ1n) is 10.1. The van der Waals surface area contributed by atoms with Crippen LogP contribution in [0.2, 0.25) is 0 Å². The first kappa shape index (κ1) is 31.2. The number of aromatic nitrogens is 2. The topological polar surface area (TPSA) is 174 Å². The molecule has 3 rings (SSSR count). The van der Waals surface area contributed by atoms with Crippen molar-refractivity contribution in [3.8, 4) is 0 Å². The molecule has 1 aromatic carbocycles. The number of imidazole rings is 1. The molecule has 188 valence electrons. The fraction of sp³-hybridized carbons (Fsp3) is 0.450. The monoisotopic (exact) mass is 527 g/mol. The van der Waals surface area contributed by atoms with Crippen molar-refractivity contribution < 1.29 is 77.0 Å². The quantitative estimate of drug-likeness (QED) is 0.302. The molecule has 0 unspecified atom stereocenters. The molecule has 1 aliphatic heterocycles. The average Bonchev–Trinajstić information content (AvgIpc) is 2.99. The maximum absolute atomic E-state index is 14.4. The number of hydrogen-bond donors (Lipinski definition) is 4. The van der Waals surface area contributed by atoms with Gasteiger partial charge in [-0.2, -0.15) is 0 Å². The Labute approximate surface area is 222 Å². The van der Waals surface area contributed by atoms with Gasteiger partial charge in [0.1, 0.15) is 17.1 Å². The number of rotatable bonds is 3. The molecule has 0 saturated heterocycles. The number of aromatic carboxylic acids is 1. The van der Waals surface area contributed by atoms with Crippen LogP contribution in [0.5, 0.6) is 0 Å². The molecular weight excluding hydrogens is 502 g/mol. The van der Waals surface area contributed by atoms with Gasteiger partial charge in [-0.25, -0.2) is 23.4 Å². The molecule has 1 aliphatic rings. The third-order valence-corrected chi connectivity index (χ3v) is 4.74. The Morgan fingerprint density at radius 2 is 1.86 bits per heavy atom. The molecule has 0 radical (unpaired) electrons. The maximum atomic E-state index is 14.4. The van der Waals surface area contributed by atoms with E-state index in [4.69, 9.17) is 24.0 Å². The Hall–Kier alpha value is -1.86. The van der Waals surface area contributed by atoms with Gasteiger partial charge in [-0.15, -0.1) is 0 Å². The van der Waals surface area contributed by atoms with Crippen LogP contribution >= 0.6 is 7.82 Å². The van der Waals surface area contributed by atoms with Gasteiger partial charge in [0.2, 0.25) is 0 Å². The summed E-state index contributed by atoms with van der Waals surface area (Å²) in [5, 5.41) is 12.2. The smallest absolute Gasteiger partial charge is 0.756 e. The number of carboxylic acids is 1. The molecule has 4 N–H and O–H groups in total. The van der Waals surface area contributed by atoms with Gasteiger partial charge in [0.15, 0.2) is 11.6 Å². The van der Waals surface area contributed by atoms with Crippen LogP contribution in [0.15, 0.2) is 24.4 Å². The minimum Gasteiger partial charge on any atom is -0.756 e. The number of benzene rings is 1. The summed E-state index contributed by atoms with van der Waals surface area (Å²) in [7, 11) is -4.89. The number of nitrogens with one attached hydrogen (secondary N) is 1. The van der Waals surface area contributed by atoms with Crippen LogP contribution in [0, 0.1) is 11.6 Å². The van der Waals surface area contributed by atoms with E-state index in [0.29, 0.717) is 18.7 Å². The van der Waals surface area contributed by atoms with Gasteiger partial charge < -0.3 is 34.4 Å². The summed E-state index contributed by atoms with van der Waals surface area (Å²) in [6.07, 6.45) is 1.29. The second-order valence-corrected chi connectivity index (χ2v) is 9.51. The first-order chi connectivity index (χ1) is 15.6. The van der Waals surface area contributed by atoms with Gasteiger partial charge in [0.05, 0.1) is 12.2 Å². The molecule has 0 aliphatic carbocycles. The standard InChI is InChI=1S/C20H23F2N3O4.Na.H3O4P/c1-20(2,3)29-19(28)24-14-8-7-11(12-5-4-6-13(21)16(12)22)10-25-15(18(26)27)9-23-17(14)25;;1-5(2,3)4/h4-6,9,11,14H,7-8,10H2,1-3H3,(H,24,28)(H,26,27);;(H3,1,2,3,4)/q;+1;/p-1/t11-,14-;;/m1../s1. The van der Waals surface area contributed by atoms with E-state index < -0.39 is 49.1 Å². The number of amides is 1. The van der Waals surface area contributed by atoms with E-state index in [1.54, 1.807) is 20.8 Å². The zero-order chi connectivity index (χ0) is 25.8. The van der Waals surface area contributed by atoms with E-state index in [1.165, 1.54) is 22.9 Å². The third kappa shape index (κ3) is 9.60. The predicted molar refractivity (Wildman–Crippen MR) is 112 cm³/mol. The van der Waals surface area contributed by atoms with E-state index in [2.05, 4.69) is 10.3 Å². The second kappa shape index (κ2) is 12.4. The SMILES string of the molecule is CC(C)(C)OC(=O)N[C@@H]1CC[C@@H](c2cccc(F)c2F)Cn2c(C(=O)O)cnc21.O=P([O-])(O)O.[Na+]. The second-order valence-electron chi connectivity index (χ2n) is 8.52. The number of carbonyl (C=O) groups is 2. The number of ether oxygens (including phenoxy) is 1. The van der Waals surface area contributed by atoms with Crippen LogP contribution in [0.1, 0.15) is 67.4 Å². The summed E-state index contributed by atoms with van der Waals surface area (Å²) in [6.45, 7) is 5.29. The van der Waals surface area contributed by atoms with Crippen LogP contribution in [0.3, 0.4) is 0 Å². The number of carbonyl (C=O) groups excluding carboxylic acids is 1. The number of nitrogens with zero attached hydrogens (tertiary/aromatic N) is 2. The van der Waals surface area contributed by atoms with Gasteiger partial charge in [-0.3, -0.25) is 4.57 Å². The number of halogens is 2. The minimum atomic E-state index is -4.89. The summed E-state index contributed by atoms with van der Waals surface area (Å²) in [5.41, 5.74) is -0.623. The molecule has 2 heterocycles. The van der Waals surface area contributed by atoms with Crippen LogP contribution < -0.4 is 39.8 Å². The summed E-state index contributed by atoms with van der Waals surface area (Å²) in [6, 6.07) is 3.32. The normalized spacial score (nSPS) is 17.6. The zero-order valence-corrected chi connectivity index (χ0v) is 22.5. The Balaban J connectivity index is 0.000000927. The molecule has 35 heavy (non-hydrogen) atoms. The van der Waals surface area contributed by atoms with Crippen LogP contribution in [0.25, 0.3) is 0 Å². The van der Waals surface area contributed by atoms with Crippen molar-refractivity contribution in [2.45, 2.75) is 57.7 Å². The number of carboxylic acid groups (broad SMARTS) is 1. The molecule has 0 saturated carbocycles. The Kier molecular flexibility index (Phi) is 11.0. The molecule has 1 aromatic heterocycles. The Morgan fingerprint density at radius 1 is 1.26 bits per heavy atom. The Morgan fingerprint density at radius 3 is 2.40 bits per heavy atom. The van der Waals surface area contributed by atoms with Crippen molar-refractivity contribution >= 4 is 19.9 Å². The van der Waals surface area contributed by atoms with Crippen LogP contribution in [0.4, 0.5) is 13.6 Å². The maximum Gasteiger partial charge on any atom is 1.00 e. The van der Waals surface area contributed by atoms with Crippen molar-refractivity contribution in [2.75, 3.05) is 0 Å². The van der Waals surface area contributed by atoms with E-state index in [1.807, 2.05) is 0 Å². The summed E-state index contributed by atoms with van der Waals surface area (Å²) >= 11 is 0. The molecule has 0 bridgehead atoms. The molecular formula is C20H25F2N3NaO8P. The average molecular weight is 527 g/mol. The number of alkyl carbamates (subject to hydrolysis) is 1. The zero-order valence-electron chi connectivity index (χ0n) is 19.6. The predicted octanol–water partition coefficient (Wildman–Crippen LogP) is -0.554. The third-order valence-electron chi connectivity index (χ3n) is 4.74. The Bertz CT molecular complexity index is 1090. The van der Waals surface area contributed by atoms with E-state index in [9.17, 15) is 23.5 Å². The van der Waals surface area contributed by atoms with Gasteiger partial charge >= 0.3 is 41.6 Å². The molecule has 11 nitrogen and oxygen atoms in total. The van der Waals surface area contributed by atoms with Crippen molar-refractivity contribution in [3.05, 3.63) is 53.1 Å². The summed E-state index contributed by atoms with van der Waals surface area (Å²) < 4.78 is 43.6.